The van der Waals surface area contributed by atoms with Crippen molar-refractivity contribution in [1.29, 1.82) is 0 Å². The molecule has 1 fully saturated rings. The number of aliphatic hydroxyl groups excluding tert-OH is 1. The molecule has 0 aliphatic carbocycles. The molecule has 0 radical (unpaired) electrons. The molecule has 1 heterocycles. The average molecular weight is 187 g/mol. The number of methoxy groups -OCH3 is 1. The lowest BCUT2D eigenvalue weighted by Crippen LogP contribution is -2.43. The standard InChI is InChI=1S/C10H21NO2/c1-10(2)5-4-6-11(10)7-9(12)8-13-3/h9,12H,4-8H2,1-3H3. The summed E-state index contributed by atoms with van der Waals surface area (Å²) in [5.41, 5.74) is 0.259. The van der Waals surface area contributed by atoms with Gasteiger partial charge in [0.05, 0.1) is 12.7 Å². The first-order valence-electron chi connectivity index (χ1n) is 4.98. The number of aliphatic hydroxyl groups is 1. The fraction of sp³-hybridized carbons (Fsp3) is 1.00. The predicted molar refractivity (Wildman–Crippen MR) is 52.8 cm³/mol. The maximum absolute atomic E-state index is 9.58. The van der Waals surface area contributed by atoms with Gasteiger partial charge in [-0.25, -0.2) is 0 Å². The van der Waals surface area contributed by atoms with Gasteiger partial charge in [0.1, 0.15) is 0 Å². The predicted octanol–water partition coefficient (Wildman–Crippen LogP) is 0.868. The third-order valence-corrected chi connectivity index (χ3v) is 2.86. The maximum atomic E-state index is 9.58. The second-order valence-corrected chi connectivity index (χ2v) is 4.47. The Kier molecular flexibility index (Phi) is 3.71. The van der Waals surface area contributed by atoms with Crippen molar-refractivity contribution in [3.8, 4) is 0 Å². The van der Waals surface area contributed by atoms with Crippen molar-refractivity contribution in [3.63, 3.8) is 0 Å². The Bertz CT molecular complexity index is 159. The van der Waals surface area contributed by atoms with Crippen molar-refractivity contribution >= 4 is 0 Å². The zero-order valence-electron chi connectivity index (χ0n) is 8.92. The van der Waals surface area contributed by atoms with E-state index in [1.54, 1.807) is 7.11 Å². The minimum atomic E-state index is -0.345. The third-order valence-electron chi connectivity index (χ3n) is 2.86. The maximum Gasteiger partial charge on any atom is 0.0900 e. The largest absolute Gasteiger partial charge is 0.389 e. The van der Waals surface area contributed by atoms with Crippen molar-refractivity contribution in [3.05, 3.63) is 0 Å². The molecule has 78 valence electrons. The Morgan fingerprint density at radius 3 is 2.69 bits per heavy atom. The normalized spacial score (nSPS) is 24.9. The molecule has 1 saturated heterocycles. The number of hydrogen-bond donors (Lipinski definition) is 1. The van der Waals surface area contributed by atoms with Crippen LogP contribution in [0.15, 0.2) is 0 Å². The van der Waals surface area contributed by atoms with E-state index >= 15 is 0 Å². The van der Waals surface area contributed by atoms with Crippen LogP contribution in [-0.2, 0) is 4.74 Å². The van der Waals surface area contributed by atoms with Gasteiger partial charge in [0, 0.05) is 19.2 Å². The number of likely N-dealkylation sites (tertiary alicyclic amines) is 1. The zero-order chi connectivity index (χ0) is 9.90. The van der Waals surface area contributed by atoms with E-state index in [9.17, 15) is 5.11 Å². The lowest BCUT2D eigenvalue weighted by molar-refractivity contribution is 0.0226. The molecule has 1 aliphatic rings. The summed E-state index contributed by atoms with van der Waals surface area (Å²) in [4.78, 5) is 2.34. The van der Waals surface area contributed by atoms with Gasteiger partial charge >= 0.3 is 0 Å². The van der Waals surface area contributed by atoms with Crippen molar-refractivity contribution in [2.24, 2.45) is 0 Å². The molecule has 0 saturated carbocycles. The minimum Gasteiger partial charge on any atom is -0.389 e. The molecular formula is C10H21NO2. The Balaban J connectivity index is 2.35. The molecular weight excluding hydrogens is 166 g/mol. The topological polar surface area (TPSA) is 32.7 Å². The summed E-state index contributed by atoms with van der Waals surface area (Å²) in [5, 5.41) is 9.58. The fourth-order valence-electron chi connectivity index (χ4n) is 2.00. The van der Waals surface area contributed by atoms with Crippen LogP contribution in [0, 0.1) is 0 Å². The molecule has 0 aromatic heterocycles. The molecule has 0 aromatic rings. The third kappa shape index (κ3) is 2.93. The summed E-state index contributed by atoms with van der Waals surface area (Å²) in [6.07, 6.45) is 2.13. The van der Waals surface area contributed by atoms with Gasteiger partial charge in [-0.3, -0.25) is 4.90 Å². The van der Waals surface area contributed by atoms with Crippen LogP contribution in [0.4, 0.5) is 0 Å². The molecule has 0 amide bonds. The van der Waals surface area contributed by atoms with Crippen molar-refractivity contribution in [2.45, 2.75) is 38.3 Å². The first-order chi connectivity index (χ1) is 6.06. The van der Waals surface area contributed by atoms with Gasteiger partial charge in [-0.05, 0) is 33.2 Å². The van der Waals surface area contributed by atoms with Gasteiger partial charge in [-0.1, -0.05) is 0 Å². The quantitative estimate of drug-likeness (QED) is 0.709. The molecule has 13 heavy (non-hydrogen) atoms. The molecule has 0 spiro atoms. The van der Waals surface area contributed by atoms with E-state index in [2.05, 4.69) is 18.7 Å². The molecule has 3 heteroatoms. The van der Waals surface area contributed by atoms with E-state index in [0.717, 1.165) is 13.1 Å². The first kappa shape index (κ1) is 11.0. The van der Waals surface area contributed by atoms with Crippen LogP contribution in [0.1, 0.15) is 26.7 Å². The number of rotatable bonds is 4. The molecule has 0 aromatic carbocycles. The highest BCUT2D eigenvalue weighted by molar-refractivity contribution is 4.88. The van der Waals surface area contributed by atoms with Crippen molar-refractivity contribution < 1.29 is 9.84 Å². The van der Waals surface area contributed by atoms with Crippen LogP contribution in [-0.4, -0.2) is 48.5 Å². The first-order valence-corrected chi connectivity index (χ1v) is 4.98. The van der Waals surface area contributed by atoms with Crippen LogP contribution in [0.3, 0.4) is 0 Å². The monoisotopic (exact) mass is 187 g/mol. The van der Waals surface area contributed by atoms with Gasteiger partial charge in [0.25, 0.3) is 0 Å². The van der Waals surface area contributed by atoms with E-state index in [0.29, 0.717) is 6.61 Å². The van der Waals surface area contributed by atoms with E-state index < -0.39 is 0 Å². The summed E-state index contributed by atoms with van der Waals surface area (Å²) in [5.74, 6) is 0. The molecule has 1 atom stereocenters. The molecule has 1 aliphatic heterocycles. The number of nitrogens with zero attached hydrogens (tertiary/aromatic N) is 1. The Labute approximate surface area is 80.7 Å². The van der Waals surface area contributed by atoms with Crippen LogP contribution >= 0.6 is 0 Å². The van der Waals surface area contributed by atoms with Gasteiger partial charge in [0.15, 0.2) is 0 Å². The highest BCUT2D eigenvalue weighted by Gasteiger charge is 2.32. The number of hydrogen-bond acceptors (Lipinski definition) is 3. The van der Waals surface area contributed by atoms with Crippen molar-refractivity contribution in [2.75, 3.05) is 26.8 Å². The smallest absolute Gasteiger partial charge is 0.0900 e. The highest BCUT2D eigenvalue weighted by Crippen LogP contribution is 2.27. The Hall–Kier alpha value is -0.120. The summed E-state index contributed by atoms with van der Waals surface area (Å²) in [6, 6.07) is 0. The van der Waals surface area contributed by atoms with Crippen molar-refractivity contribution in [1.82, 2.24) is 4.90 Å². The number of β-amino-alcohol motifs (C(OH)–C–C–N with tert-alkyl or cyclic N) is 1. The van der Waals surface area contributed by atoms with E-state index in [-0.39, 0.29) is 11.6 Å². The second kappa shape index (κ2) is 4.40. The fourth-order valence-corrected chi connectivity index (χ4v) is 2.00. The summed E-state index contributed by atoms with van der Waals surface area (Å²) < 4.78 is 4.91. The minimum absolute atomic E-state index is 0.259. The zero-order valence-corrected chi connectivity index (χ0v) is 8.92. The van der Waals surface area contributed by atoms with Gasteiger partial charge in [-0.2, -0.15) is 0 Å². The van der Waals surface area contributed by atoms with E-state index in [4.69, 9.17) is 4.74 Å². The lowest BCUT2D eigenvalue weighted by atomic mass is 10.0. The van der Waals surface area contributed by atoms with Crippen LogP contribution in [0.25, 0.3) is 0 Å². The average Bonchev–Trinajstić information content (AvgIpc) is 2.31. The van der Waals surface area contributed by atoms with E-state index in [1.165, 1.54) is 12.8 Å². The van der Waals surface area contributed by atoms with Crippen LogP contribution < -0.4 is 0 Å². The Morgan fingerprint density at radius 1 is 1.54 bits per heavy atom. The molecule has 1 N–H and O–H groups in total. The lowest BCUT2D eigenvalue weighted by Gasteiger charge is -2.32. The highest BCUT2D eigenvalue weighted by atomic mass is 16.5. The molecule has 1 unspecified atom stereocenters. The molecule has 3 nitrogen and oxygen atoms in total. The molecule has 0 bridgehead atoms. The number of ether oxygens (including phenoxy) is 1. The van der Waals surface area contributed by atoms with E-state index in [1.807, 2.05) is 0 Å². The summed E-state index contributed by atoms with van der Waals surface area (Å²) >= 11 is 0. The van der Waals surface area contributed by atoms with Gasteiger partial charge < -0.3 is 9.84 Å². The van der Waals surface area contributed by atoms with Crippen LogP contribution in [0.2, 0.25) is 0 Å². The summed E-state index contributed by atoms with van der Waals surface area (Å²) in [7, 11) is 1.62. The van der Waals surface area contributed by atoms with Gasteiger partial charge in [0.2, 0.25) is 0 Å². The molecule has 1 rings (SSSR count). The van der Waals surface area contributed by atoms with Crippen LogP contribution in [0.5, 0.6) is 0 Å². The second-order valence-electron chi connectivity index (χ2n) is 4.47. The Morgan fingerprint density at radius 2 is 2.23 bits per heavy atom. The SMILES string of the molecule is COCC(O)CN1CCCC1(C)C. The summed E-state index contributed by atoms with van der Waals surface area (Å²) in [6.45, 7) is 6.75. The van der Waals surface area contributed by atoms with Gasteiger partial charge in [-0.15, -0.1) is 0 Å².